The summed E-state index contributed by atoms with van der Waals surface area (Å²) in [5, 5.41) is 67.6. The molecule has 5 atom stereocenters. The number of aromatic hydroxyl groups is 2. The molecule has 31 heavy (non-hydrogen) atoms. The lowest BCUT2D eigenvalue weighted by Gasteiger charge is -2.39. The second-order valence-corrected chi connectivity index (χ2v) is 7.20. The summed E-state index contributed by atoms with van der Waals surface area (Å²) < 4.78 is 16.4. The zero-order chi connectivity index (χ0) is 22.3. The number of phenols is 2. The molecule has 3 unspecified atom stereocenters. The maximum absolute atomic E-state index is 10.5. The van der Waals surface area contributed by atoms with Crippen LogP contribution >= 0.6 is 0 Å². The first-order valence-corrected chi connectivity index (χ1v) is 9.40. The molecule has 0 saturated carbocycles. The monoisotopic (exact) mass is 431 g/mol. The van der Waals surface area contributed by atoms with Crippen LogP contribution in [0.15, 0.2) is 47.1 Å². The van der Waals surface area contributed by atoms with Gasteiger partial charge in [-0.25, -0.2) is 0 Å². The normalized spacial score (nSPS) is 26.1. The Labute approximate surface area is 175 Å². The minimum Gasteiger partial charge on any atom is -0.508 e. The second kappa shape index (κ2) is 8.17. The molecule has 1 fully saturated rings. The summed E-state index contributed by atoms with van der Waals surface area (Å²) >= 11 is 0. The highest BCUT2D eigenvalue weighted by Crippen LogP contribution is 2.32. The molecule has 0 spiro atoms. The fourth-order valence-corrected chi connectivity index (χ4v) is 3.46. The van der Waals surface area contributed by atoms with E-state index in [0.717, 1.165) is 0 Å². The number of fused-ring (bicyclic) bond motifs is 1. The first-order valence-electron chi connectivity index (χ1n) is 9.40. The molecule has 1 aromatic heterocycles. The van der Waals surface area contributed by atoms with Gasteiger partial charge < -0.3 is 44.5 Å². The molecule has 2 aromatic carbocycles. The molecule has 0 amide bonds. The van der Waals surface area contributed by atoms with Gasteiger partial charge in [-0.05, 0) is 17.7 Å². The molecular weight excluding hydrogens is 410 g/mol. The number of aliphatic hydroxyl groups excluding tert-OH is 4. The summed E-state index contributed by atoms with van der Waals surface area (Å²) in [6.07, 6.45) is -6.00. The number of hydrogen-bond donors (Lipinski definition) is 7. The number of hydrogen-bond acceptors (Lipinski definition) is 10. The van der Waals surface area contributed by atoms with Crippen molar-refractivity contribution in [1.29, 1.82) is 5.41 Å². The Kier molecular flexibility index (Phi) is 5.56. The molecule has 1 saturated heterocycles. The quantitative estimate of drug-likeness (QED) is 0.303. The van der Waals surface area contributed by atoms with E-state index in [-0.39, 0.29) is 33.6 Å². The zero-order valence-electron chi connectivity index (χ0n) is 16.0. The second-order valence-electron chi connectivity index (χ2n) is 7.20. The van der Waals surface area contributed by atoms with Crippen molar-refractivity contribution in [2.24, 2.45) is 0 Å². The Morgan fingerprint density at radius 2 is 1.68 bits per heavy atom. The van der Waals surface area contributed by atoms with Crippen molar-refractivity contribution in [2.75, 3.05) is 6.61 Å². The molecule has 164 valence electrons. The van der Waals surface area contributed by atoms with Crippen molar-refractivity contribution in [3.8, 4) is 28.4 Å². The Bertz CT molecular complexity index is 1140. The smallest absolute Gasteiger partial charge is 0.229 e. The molecule has 7 N–H and O–H groups in total. The third-order valence-corrected chi connectivity index (χ3v) is 5.16. The summed E-state index contributed by atoms with van der Waals surface area (Å²) in [6.45, 7) is -0.606. The average Bonchev–Trinajstić information content (AvgIpc) is 2.75. The van der Waals surface area contributed by atoms with Crippen molar-refractivity contribution in [3.63, 3.8) is 0 Å². The molecule has 0 bridgehead atoms. The Hall–Kier alpha value is -3.15. The molecule has 10 heteroatoms. The van der Waals surface area contributed by atoms with E-state index in [1.807, 2.05) is 0 Å². The lowest BCUT2D eigenvalue weighted by Crippen LogP contribution is -2.60. The van der Waals surface area contributed by atoms with Gasteiger partial charge in [0.05, 0.1) is 17.4 Å². The van der Waals surface area contributed by atoms with Gasteiger partial charge in [-0.2, -0.15) is 0 Å². The van der Waals surface area contributed by atoms with E-state index in [1.54, 1.807) is 12.1 Å². The molecule has 0 radical (unpaired) electrons. The van der Waals surface area contributed by atoms with Crippen LogP contribution in [-0.2, 0) is 4.74 Å². The van der Waals surface area contributed by atoms with E-state index in [0.29, 0.717) is 11.1 Å². The molecule has 0 aliphatic carbocycles. The maximum atomic E-state index is 10.5. The number of phenolic OH excluding ortho intramolecular Hbond substituents is 2. The standard InChI is InChI=1S/C21H21NO9/c22-17-12(9-1-3-10(24)4-2-9)8-29-14-6-11(5-13(25)16(14)17)30-21-20(28)19(27)18(26)15(7-23)31-21/h1-6,8,15,18-28H,7H2/t15?,18-,19?,20?,21-/m1/s1. The third-order valence-electron chi connectivity index (χ3n) is 5.16. The van der Waals surface area contributed by atoms with Crippen molar-refractivity contribution >= 4 is 11.0 Å². The number of benzene rings is 2. The predicted octanol–water partition coefficient (Wildman–Crippen LogP) is 0.169. The summed E-state index contributed by atoms with van der Waals surface area (Å²) in [7, 11) is 0. The third kappa shape index (κ3) is 3.82. The summed E-state index contributed by atoms with van der Waals surface area (Å²) in [6, 6.07) is 8.72. The first kappa shape index (κ1) is 21.1. The number of ether oxygens (including phenoxy) is 2. The van der Waals surface area contributed by atoms with Gasteiger partial charge in [0, 0.05) is 17.7 Å². The van der Waals surface area contributed by atoms with Crippen molar-refractivity contribution in [1.82, 2.24) is 0 Å². The Morgan fingerprint density at radius 3 is 2.35 bits per heavy atom. The van der Waals surface area contributed by atoms with E-state index < -0.39 is 37.3 Å². The molecule has 10 nitrogen and oxygen atoms in total. The topological polar surface area (TPSA) is 177 Å². The van der Waals surface area contributed by atoms with E-state index in [4.69, 9.17) is 19.3 Å². The predicted molar refractivity (Wildman–Crippen MR) is 105 cm³/mol. The maximum Gasteiger partial charge on any atom is 0.229 e. The number of aliphatic hydroxyl groups is 4. The molecule has 1 aliphatic heterocycles. The van der Waals surface area contributed by atoms with E-state index in [2.05, 4.69) is 0 Å². The van der Waals surface area contributed by atoms with Gasteiger partial charge in [0.1, 0.15) is 53.5 Å². The Morgan fingerprint density at radius 1 is 0.968 bits per heavy atom. The van der Waals surface area contributed by atoms with Gasteiger partial charge in [-0.1, -0.05) is 12.1 Å². The average molecular weight is 431 g/mol. The van der Waals surface area contributed by atoms with Crippen LogP contribution in [-0.4, -0.2) is 68.0 Å². The summed E-state index contributed by atoms with van der Waals surface area (Å²) in [4.78, 5) is 0. The van der Waals surface area contributed by atoms with Crippen LogP contribution < -0.4 is 10.1 Å². The van der Waals surface area contributed by atoms with Crippen molar-refractivity contribution in [2.45, 2.75) is 30.7 Å². The van der Waals surface area contributed by atoms with Crippen molar-refractivity contribution < 1.29 is 44.5 Å². The van der Waals surface area contributed by atoms with Crippen LogP contribution in [0.4, 0.5) is 0 Å². The fraction of sp³-hybridized carbons (Fsp3) is 0.286. The van der Waals surface area contributed by atoms with Gasteiger partial charge >= 0.3 is 0 Å². The zero-order valence-corrected chi connectivity index (χ0v) is 16.0. The summed E-state index contributed by atoms with van der Waals surface area (Å²) in [5.74, 6) is -0.243. The molecule has 4 rings (SSSR count). The van der Waals surface area contributed by atoms with Gasteiger partial charge in [0.2, 0.25) is 6.29 Å². The molecule has 3 aromatic rings. The SMILES string of the molecule is N=c1c(-c2ccc(O)cc2)coc2cc(O[C@@H]3OC(CO)[C@@H](O)C(O)C3O)cc(O)c12. The van der Waals surface area contributed by atoms with Crippen molar-refractivity contribution in [3.05, 3.63) is 48.0 Å². The highest BCUT2D eigenvalue weighted by Gasteiger charge is 2.44. The van der Waals surface area contributed by atoms with Gasteiger partial charge in [-0.3, -0.25) is 5.41 Å². The van der Waals surface area contributed by atoms with Gasteiger partial charge in [-0.15, -0.1) is 0 Å². The van der Waals surface area contributed by atoms with Crippen LogP contribution in [0.5, 0.6) is 17.2 Å². The van der Waals surface area contributed by atoms with Gasteiger partial charge in [0.25, 0.3) is 0 Å². The number of rotatable bonds is 4. The highest BCUT2D eigenvalue weighted by atomic mass is 16.7. The fourth-order valence-electron chi connectivity index (χ4n) is 3.46. The van der Waals surface area contributed by atoms with E-state index in [9.17, 15) is 30.6 Å². The van der Waals surface area contributed by atoms with E-state index in [1.165, 1.54) is 30.5 Å². The first-order chi connectivity index (χ1) is 14.8. The van der Waals surface area contributed by atoms with Gasteiger partial charge in [0.15, 0.2) is 0 Å². The van der Waals surface area contributed by atoms with Crippen LogP contribution in [0.3, 0.4) is 0 Å². The lowest BCUT2D eigenvalue weighted by atomic mass is 9.99. The lowest BCUT2D eigenvalue weighted by molar-refractivity contribution is -0.277. The minimum absolute atomic E-state index is 0.00913. The molecule has 1 aliphatic rings. The van der Waals surface area contributed by atoms with Crippen LogP contribution in [0.25, 0.3) is 22.1 Å². The summed E-state index contributed by atoms with van der Waals surface area (Å²) in [5.41, 5.74) is 1.12. The van der Waals surface area contributed by atoms with E-state index >= 15 is 0 Å². The number of nitrogens with one attached hydrogen (secondary N) is 1. The largest absolute Gasteiger partial charge is 0.508 e. The molecular formula is C21H21NO9. The Balaban J connectivity index is 1.68. The minimum atomic E-state index is -1.61. The molecule has 2 heterocycles. The van der Waals surface area contributed by atoms with Crippen LogP contribution in [0, 0.1) is 5.41 Å². The highest BCUT2D eigenvalue weighted by molar-refractivity contribution is 5.87. The van der Waals surface area contributed by atoms with Crippen LogP contribution in [0.2, 0.25) is 0 Å². The van der Waals surface area contributed by atoms with Crippen LogP contribution in [0.1, 0.15) is 0 Å².